The lowest BCUT2D eigenvalue weighted by Crippen LogP contribution is -2.17. The summed E-state index contributed by atoms with van der Waals surface area (Å²) >= 11 is 0. The van der Waals surface area contributed by atoms with E-state index < -0.39 is 23.2 Å². The predicted molar refractivity (Wildman–Crippen MR) is 55.2 cm³/mol. The fourth-order valence-electron chi connectivity index (χ4n) is 2.42. The van der Waals surface area contributed by atoms with Gasteiger partial charge in [0.15, 0.2) is 0 Å². The topological polar surface area (TPSA) is 29.1 Å². The van der Waals surface area contributed by atoms with Crippen LogP contribution in [-0.2, 0) is 4.79 Å². The van der Waals surface area contributed by atoms with Crippen molar-refractivity contribution in [2.24, 2.45) is 11.3 Å². The van der Waals surface area contributed by atoms with E-state index in [0.717, 1.165) is 0 Å². The molecule has 0 aromatic heterocycles. The molecule has 16 heavy (non-hydrogen) atoms. The van der Waals surface area contributed by atoms with Crippen molar-refractivity contribution in [2.45, 2.75) is 18.8 Å². The second-order valence-corrected chi connectivity index (χ2v) is 4.57. The number of carbonyl (C=O) groups excluding carboxylic acids is 1. The zero-order valence-corrected chi connectivity index (χ0v) is 8.54. The highest BCUT2D eigenvalue weighted by molar-refractivity contribution is 5.97. The van der Waals surface area contributed by atoms with Crippen molar-refractivity contribution < 1.29 is 13.6 Å². The van der Waals surface area contributed by atoms with Crippen molar-refractivity contribution >= 4 is 11.6 Å². The summed E-state index contributed by atoms with van der Waals surface area (Å²) in [6.45, 7) is 0. The standard InChI is InChI=1S/C12H11F2NO/c13-12(14)9(11(12)6-7-11)10(16)15-8-4-2-1-3-5-8/h1-5,9H,6-7H2,(H,15,16). The molecule has 1 spiro atoms. The maximum absolute atomic E-state index is 13.3. The quantitative estimate of drug-likeness (QED) is 0.820. The van der Waals surface area contributed by atoms with Crippen LogP contribution >= 0.6 is 0 Å². The van der Waals surface area contributed by atoms with Crippen LogP contribution in [0.5, 0.6) is 0 Å². The molecule has 1 atom stereocenters. The van der Waals surface area contributed by atoms with Crippen LogP contribution in [0.2, 0.25) is 0 Å². The summed E-state index contributed by atoms with van der Waals surface area (Å²) in [6.07, 6.45) is 0.958. The third kappa shape index (κ3) is 1.13. The van der Waals surface area contributed by atoms with Crippen LogP contribution in [0.25, 0.3) is 0 Å². The Balaban J connectivity index is 1.72. The van der Waals surface area contributed by atoms with Gasteiger partial charge in [0.2, 0.25) is 5.91 Å². The average Bonchev–Trinajstić information content (AvgIpc) is 3.08. The summed E-state index contributed by atoms with van der Waals surface area (Å²) in [5.41, 5.74) is -0.405. The number of carbonyl (C=O) groups is 1. The third-order valence-corrected chi connectivity index (χ3v) is 3.59. The lowest BCUT2D eigenvalue weighted by molar-refractivity contribution is -0.119. The van der Waals surface area contributed by atoms with Gasteiger partial charge in [-0.1, -0.05) is 18.2 Å². The van der Waals surface area contributed by atoms with Gasteiger partial charge in [-0.15, -0.1) is 0 Å². The van der Waals surface area contributed by atoms with Crippen molar-refractivity contribution in [1.82, 2.24) is 0 Å². The summed E-state index contributed by atoms with van der Waals surface area (Å²) in [5.74, 6) is -4.44. The van der Waals surface area contributed by atoms with E-state index >= 15 is 0 Å². The first-order chi connectivity index (χ1) is 7.58. The molecular weight excluding hydrogens is 212 g/mol. The van der Waals surface area contributed by atoms with Crippen LogP contribution in [0.3, 0.4) is 0 Å². The monoisotopic (exact) mass is 223 g/mol. The molecule has 0 radical (unpaired) electrons. The Hall–Kier alpha value is -1.45. The lowest BCUT2D eigenvalue weighted by Gasteiger charge is -2.03. The van der Waals surface area contributed by atoms with E-state index in [9.17, 15) is 13.6 Å². The Morgan fingerprint density at radius 1 is 1.25 bits per heavy atom. The summed E-state index contributed by atoms with van der Waals surface area (Å²) in [7, 11) is 0. The van der Waals surface area contributed by atoms with Gasteiger partial charge in [-0.3, -0.25) is 4.79 Å². The van der Waals surface area contributed by atoms with Gasteiger partial charge in [-0.05, 0) is 25.0 Å². The highest BCUT2D eigenvalue weighted by Gasteiger charge is 2.88. The maximum atomic E-state index is 13.3. The maximum Gasteiger partial charge on any atom is 0.266 e. The van der Waals surface area contributed by atoms with E-state index in [1.54, 1.807) is 24.3 Å². The van der Waals surface area contributed by atoms with Gasteiger partial charge < -0.3 is 5.32 Å². The summed E-state index contributed by atoms with van der Waals surface area (Å²) in [6, 6.07) is 8.71. The third-order valence-electron chi connectivity index (χ3n) is 3.59. The highest BCUT2D eigenvalue weighted by Crippen LogP contribution is 2.79. The van der Waals surface area contributed by atoms with Crippen LogP contribution in [0.15, 0.2) is 30.3 Å². The Bertz CT molecular complexity index is 436. The van der Waals surface area contributed by atoms with Crippen LogP contribution in [0.4, 0.5) is 14.5 Å². The van der Waals surface area contributed by atoms with Gasteiger partial charge in [-0.2, -0.15) is 0 Å². The summed E-state index contributed by atoms with van der Waals surface area (Å²) < 4.78 is 26.7. The molecule has 1 unspecified atom stereocenters. The van der Waals surface area contributed by atoms with Crippen molar-refractivity contribution in [1.29, 1.82) is 0 Å². The molecule has 0 bridgehead atoms. The molecule has 1 aromatic carbocycles. The van der Waals surface area contributed by atoms with Crippen molar-refractivity contribution in [3.8, 4) is 0 Å². The number of alkyl halides is 2. The molecule has 3 rings (SSSR count). The fraction of sp³-hybridized carbons (Fsp3) is 0.417. The lowest BCUT2D eigenvalue weighted by atomic mass is 10.2. The number of rotatable bonds is 2. The number of nitrogens with one attached hydrogen (secondary N) is 1. The van der Waals surface area contributed by atoms with Crippen LogP contribution in [0.1, 0.15) is 12.8 Å². The minimum absolute atomic E-state index is 0.479. The molecule has 1 N–H and O–H groups in total. The molecule has 84 valence electrons. The Morgan fingerprint density at radius 3 is 2.38 bits per heavy atom. The number of halogens is 2. The van der Waals surface area contributed by atoms with Crippen LogP contribution in [0, 0.1) is 11.3 Å². The molecule has 2 aliphatic carbocycles. The zero-order valence-electron chi connectivity index (χ0n) is 8.54. The van der Waals surface area contributed by atoms with E-state index in [0.29, 0.717) is 18.5 Å². The minimum Gasteiger partial charge on any atom is -0.326 e. The first-order valence-corrected chi connectivity index (χ1v) is 5.32. The molecule has 2 fully saturated rings. The smallest absolute Gasteiger partial charge is 0.266 e. The van der Waals surface area contributed by atoms with Crippen LogP contribution < -0.4 is 5.32 Å². The SMILES string of the molecule is O=C(Nc1ccccc1)C1C(F)(F)C12CC2. The largest absolute Gasteiger partial charge is 0.326 e. The van der Waals surface area contributed by atoms with E-state index in [1.807, 2.05) is 6.07 Å². The Morgan fingerprint density at radius 2 is 1.88 bits per heavy atom. The van der Waals surface area contributed by atoms with Crippen molar-refractivity contribution in [2.75, 3.05) is 5.32 Å². The summed E-state index contributed by atoms with van der Waals surface area (Å²) in [4.78, 5) is 11.7. The van der Waals surface area contributed by atoms with E-state index in [1.165, 1.54) is 0 Å². The normalized spacial score (nSPS) is 27.5. The number of hydrogen-bond acceptors (Lipinski definition) is 1. The molecule has 4 heteroatoms. The van der Waals surface area contributed by atoms with Gasteiger partial charge in [0.05, 0.1) is 5.41 Å². The molecule has 2 aliphatic rings. The first kappa shape index (κ1) is 9.75. The number of hydrogen-bond donors (Lipinski definition) is 1. The molecule has 1 amide bonds. The van der Waals surface area contributed by atoms with Gasteiger partial charge in [0, 0.05) is 5.69 Å². The molecule has 0 aliphatic heterocycles. The molecule has 2 saturated carbocycles. The number of benzene rings is 1. The number of para-hydroxylation sites is 1. The molecule has 0 saturated heterocycles. The van der Waals surface area contributed by atoms with Crippen molar-refractivity contribution in [3.05, 3.63) is 30.3 Å². The molecule has 1 aromatic rings. The van der Waals surface area contributed by atoms with Gasteiger partial charge in [0.25, 0.3) is 5.92 Å². The predicted octanol–water partition coefficient (Wildman–Crippen LogP) is 2.67. The minimum atomic E-state index is -2.79. The molecular formula is C12H11F2NO. The second-order valence-electron chi connectivity index (χ2n) is 4.57. The zero-order chi connectivity index (χ0) is 11.4. The molecule has 0 heterocycles. The van der Waals surface area contributed by atoms with Gasteiger partial charge in [-0.25, -0.2) is 8.78 Å². The summed E-state index contributed by atoms with van der Waals surface area (Å²) in [5, 5.41) is 2.54. The van der Waals surface area contributed by atoms with Crippen molar-refractivity contribution in [3.63, 3.8) is 0 Å². The Kier molecular flexibility index (Phi) is 1.71. The second kappa shape index (κ2) is 2.81. The Labute approximate surface area is 91.7 Å². The molecule has 2 nitrogen and oxygen atoms in total. The number of anilines is 1. The van der Waals surface area contributed by atoms with E-state index in [4.69, 9.17) is 0 Å². The average molecular weight is 223 g/mol. The fourth-order valence-corrected chi connectivity index (χ4v) is 2.42. The highest BCUT2D eigenvalue weighted by atomic mass is 19.3. The van der Waals surface area contributed by atoms with E-state index in [2.05, 4.69) is 5.32 Å². The van der Waals surface area contributed by atoms with Crippen LogP contribution in [-0.4, -0.2) is 11.8 Å². The first-order valence-electron chi connectivity index (χ1n) is 5.32. The van der Waals surface area contributed by atoms with E-state index in [-0.39, 0.29) is 0 Å². The van der Waals surface area contributed by atoms with Gasteiger partial charge >= 0.3 is 0 Å². The van der Waals surface area contributed by atoms with Gasteiger partial charge in [0.1, 0.15) is 5.92 Å². The number of amides is 1.